The highest BCUT2D eigenvalue weighted by Gasteiger charge is 2.38. The minimum absolute atomic E-state index is 0.0102. The highest BCUT2D eigenvalue weighted by atomic mass is 79.9. The van der Waals surface area contributed by atoms with Crippen molar-refractivity contribution in [1.82, 2.24) is 4.90 Å². The van der Waals surface area contributed by atoms with Gasteiger partial charge in [-0.1, -0.05) is 0 Å². The summed E-state index contributed by atoms with van der Waals surface area (Å²) in [6.07, 6.45) is 1.70. The predicted molar refractivity (Wildman–Crippen MR) is 79.2 cm³/mol. The van der Waals surface area contributed by atoms with Gasteiger partial charge in [0.15, 0.2) is 11.9 Å². The first-order chi connectivity index (χ1) is 9.31. The normalized spacial score (nSPS) is 23.4. The third kappa shape index (κ3) is 3.43. The maximum absolute atomic E-state index is 13.9. The van der Waals surface area contributed by atoms with Crippen molar-refractivity contribution in [2.75, 3.05) is 25.6 Å². The van der Waals surface area contributed by atoms with E-state index in [1.54, 1.807) is 0 Å². The molecule has 112 valence electrons. The zero-order chi connectivity index (χ0) is 14.9. The van der Waals surface area contributed by atoms with Crippen LogP contribution in [0.5, 0.6) is 0 Å². The van der Waals surface area contributed by atoms with E-state index in [1.165, 1.54) is 6.07 Å². The molecule has 1 aromatic rings. The second-order valence-electron chi connectivity index (χ2n) is 5.04. The zero-order valence-electron chi connectivity index (χ0n) is 11.0. The Balaban J connectivity index is 2.17. The maximum atomic E-state index is 13.9. The molecule has 2 unspecified atom stereocenters. The number of nitrogens with one attached hydrogen (secondary N) is 1. The van der Waals surface area contributed by atoms with Crippen LogP contribution in [0.2, 0.25) is 0 Å². The van der Waals surface area contributed by atoms with E-state index in [0.717, 1.165) is 25.5 Å². The Labute approximate surface area is 130 Å². The number of piperidine rings is 1. The number of anilines is 1. The third-order valence-corrected chi connectivity index (χ3v) is 4.58. The molecule has 1 aliphatic rings. The Hall–Kier alpha value is -0.410. The molecule has 8 heteroatoms. The Morgan fingerprint density at radius 2 is 2.20 bits per heavy atom. The summed E-state index contributed by atoms with van der Waals surface area (Å²) >= 11 is 7.00. The van der Waals surface area contributed by atoms with Gasteiger partial charge in [0.05, 0.1) is 11.0 Å². The van der Waals surface area contributed by atoms with Gasteiger partial charge in [0.1, 0.15) is 24.3 Å². The summed E-state index contributed by atoms with van der Waals surface area (Å²) in [5.41, 5.74) is 2.59. The van der Waals surface area contributed by atoms with E-state index < -0.39 is 15.8 Å². The number of rotatable bonds is 3. The fourth-order valence-corrected chi connectivity index (χ4v) is 2.96. The van der Waals surface area contributed by atoms with Gasteiger partial charge in [-0.15, -0.1) is 0 Å². The van der Waals surface area contributed by atoms with Crippen LogP contribution in [0.25, 0.3) is 0 Å². The number of thiol groups is 1. The van der Waals surface area contributed by atoms with Crippen molar-refractivity contribution < 1.29 is 18.1 Å². The van der Waals surface area contributed by atoms with E-state index in [4.69, 9.17) is 0 Å². The smallest absolute Gasteiger partial charge is 0.168 e. The lowest BCUT2D eigenvalue weighted by Crippen LogP contribution is -2.55. The monoisotopic (exact) mass is 368 g/mol. The molecule has 1 saturated heterocycles. The Bertz CT molecular complexity index is 504. The molecule has 0 spiro atoms. The predicted octanol–water partition coefficient (Wildman–Crippen LogP) is 3.20. The van der Waals surface area contributed by atoms with Gasteiger partial charge < -0.3 is 4.90 Å². The largest absolute Gasteiger partial charge is 0.300 e. The Morgan fingerprint density at radius 3 is 2.85 bits per heavy atom. The van der Waals surface area contributed by atoms with Crippen molar-refractivity contribution in [3.8, 4) is 0 Å². The van der Waals surface area contributed by atoms with Crippen LogP contribution in [0, 0.1) is 11.6 Å². The zero-order valence-corrected chi connectivity index (χ0v) is 13.5. The van der Waals surface area contributed by atoms with Gasteiger partial charge in [0.25, 0.3) is 0 Å². The lowest BCUT2D eigenvalue weighted by atomic mass is 10.1. The molecule has 0 bridgehead atoms. The summed E-state index contributed by atoms with van der Waals surface area (Å²) in [7, 11) is 1.95. The van der Waals surface area contributed by atoms with Gasteiger partial charge in [0, 0.05) is 6.42 Å². The number of hydrogen-bond acceptors (Lipinski definition) is 4. The van der Waals surface area contributed by atoms with Crippen LogP contribution in [0.15, 0.2) is 16.6 Å². The van der Waals surface area contributed by atoms with Gasteiger partial charge in [0.2, 0.25) is 0 Å². The summed E-state index contributed by atoms with van der Waals surface area (Å²) in [5.74, 6) is -1.49. The van der Waals surface area contributed by atoms with Crippen molar-refractivity contribution in [2.24, 2.45) is 0 Å². The molecule has 0 saturated carbocycles. The minimum Gasteiger partial charge on any atom is -0.300 e. The van der Waals surface area contributed by atoms with E-state index in [-0.39, 0.29) is 16.2 Å². The average Bonchev–Trinajstić information content (AvgIpc) is 2.39. The van der Waals surface area contributed by atoms with Crippen molar-refractivity contribution in [3.63, 3.8) is 0 Å². The number of halogens is 3. The van der Waals surface area contributed by atoms with Crippen LogP contribution in [0.4, 0.5) is 14.5 Å². The molecule has 0 aromatic heterocycles. The molecule has 2 N–H and O–H groups in total. The molecule has 2 rings (SSSR count). The summed E-state index contributed by atoms with van der Waals surface area (Å²) in [5, 5.41) is 10.4. The summed E-state index contributed by atoms with van der Waals surface area (Å²) in [6.45, 7) is 1.59. The van der Waals surface area contributed by atoms with E-state index in [0.29, 0.717) is 6.54 Å². The summed E-state index contributed by atoms with van der Waals surface area (Å²) in [6, 6.07) is 2.15. The number of benzene rings is 1. The summed E-state index contributed by atoms with van der Waals surface area (Å²) in [4.78, 5) is 2.08. The molecular weight excluding hydrogens is 352 g/mol. The number of likely N-dealkylation sites (N-methyl/N-ethyl adjacent to an activating group) is 1. The number of likely N-dealkylation sites (tertiary alicyclic amines) is 1. The molecule has 1 fully saturated rings. The second-order valence-corrected chi connectivity index (χ2v) is 6.45. The van der Waals surface area contributed by atoms with Crippen LogP contribution in [0.1, 0.15) is 12.8 Å². The standard InChI is InChI=1S/C12H17BrF2N3OS/c1-17-6-2-3-8(7-17)18(19,20)16-10-5-4-9(14)11(13)12(10)15/h4-5,8,16,19-20H,2-3,6-7H2,1H3/q+1. The molecule has 1 aromatic carbocycles. The molecule has 20 heavy (non-hydrogen) atoms. The molecule has 4 nitrogen and oxygen atoms in total. The van der Waals surface area contributed by atoms with Crippen molar-refractivity contribution in [2.45, 2.75) is 18.9 Å². The first-order valence-corrected chi connectivity index (χ1v) is 7.45. The average molecular weight is 369 g/mol. The molecule has 0 radical (unpaired) electrons. The van der Waals surface area contributed by atoms with Gasteiger partial charge in [-0.2, -0.15) is 10.6 Å². The van der Waals surface area contributed by atoms with Crippen LogP contribution in [-0.4, -0.2) is 40.4 Å². The van der Waals surface area contributed by atoms with Crippen LogP contribution >= 0.6 is 28.7 Å². The minimum atomic E-state index is -0.834. The molecule has 0 amide bonds. The van der Waals surface area contributed by atoms with E-state index in [2.05, 4.69) is 39.1 Å². The number of hydrogen-bond donors (Lipinski definition) is 3. The highest BCUT2D eigenvalue weighted by Crippen LogP contribution is 2.30. The molecule has 2 atom stereocenters. The first kappa shape index (κ1) is 16.0. The quantitative estimate of drug-likeness (QED) is 0.332. The molecule has 1 heterocycles. The molecule has 1 aliphatic heterocycles. The summed E-state index contributed by atoms with van der Waals surface area (Å²) < 4.78 is 26.0. The molecular formula is C12H17BrF2N3OS+. The van der Waals surface area contributed by atoms with Crippen molar-refractivity contribution in [1.29, 1.82) is 0 Å². The highest BCUT2D eigenvalue weighted by molar-refractivity contribution is 9.10. The van der Waals surface area contributed by atoms with Crippen LogP contribution in [-0.2, 0) is 0 Å². The van der Waals surface area contributed by atoms with Crippen molar-refractivity contribution in [3.05, 3.63) is 28.2 Å². The van der Waals surface area contributed by atoms with Gasteiger partial charge in [-0.25, -0.2) is 8.78 Å². The van der Waals surface area contributed by atoms with E-state index in [1.807, 2.05) is 7.05 Å². The molecule has 0 aliphatic carbocycles. The van der Waals surface area contributed by atoms with E-state index in [9.17, 15) is 14.0 Å². The van der Waals surface area contributed by atoms with Gasteiger partial charge >= 0.3 is 0 Å². The lowest BCUT2D eigenvalue weighted by Gasteiger charge is -2.36. The first-order valence-electron chi connectivity index (χ1n) is 6.26. The van der Waals surface area contributed by atoms with Crippen LogP contribution < -0.4 is 5.43 Å². The Morgan fingerprint density at radius 1 is 1.50 bits per heavy atom. The lowest BCUT2D eigenvalue weighted by molar-refractivity contribution is -0.993. The van der Waals surface area contributed by atoms with E-state index >= 15 is 0 Å². The fourth-order valence-electron chi connectivity index (χ4n) is 2.31. The third-order valence-electron chi connectivity index (χ3n) is 3.43. The maximum Gasteiger partial charge on any atom is 0.168 e. The van der Waals surface area contributed by atoms with Gasteiger partial charge in [-0.05, 0) is 52.2 Å². The van der Waals surface area contributed by atoms with Crippen LogP contribution in [0.3, 0.4) is 0 Å². The second kappa shape index (κ2) is 6.15. The topological polar surface area (TPSA) is 35.5 Å². The SMILES string of the molecule is CN1CCCC([N+](O)(S)Nc2ccc(F)c(Br)c2F)C1. The number of hydroxylamine groups is 1. The fraction of sp³-hybridized carbons (Fsp3) is 0.500. The number of quaternary nitrogens is 1. The Kier molecular flexibility index (Phi) is 4.91. The number of nitrogens with zero attached hydrogens (tertiary/aromatic N) is 2. The van der Waals surface area contributed by atoms with Crippen molar-refractivity contribution >= 4 is 34.4 Å². The van der Waals surface area contributed by atoms with Gasteiger partial charge in [-0.3, -0.25) is 0 Å².